The van der Waals surface area contributed by atoms with Gasteiger partial charge in [0.2, 0.25) is 0 Å². The number of hydrogen-bond acceptors (Lipinski definition) is 8. The van der Waals surface area contributed by atoms with Gasteiger partial charge in [0, 0.05) is 36.2 Å². The standard InChI is InChI=1S/C32H37NO7/c1-7-18(3)39-32(36)29-19(4)33-25-15-23(21-9-12-24(37-6)13-10-21)16-26(35)31(25)30(29)22-11-14-27(40-20(5)34)28(17-22)38-8-2/h9-14,17-18,23,30,33H,7-8,15-16H2,1-6H3/t18-,23+,30-/m1/s1. The molecule has 1 aliphatic carbocycles. The zero-order valence-corrected chi connectivity index (χ0v) is 24.0. The van der Waals surface area contributed by atoms with E-state index in [1.54, 1.807) is 25.3 Å². The number of ether oxygens (including phenoxy) is 4. The number of dihydropyridines is 1. The van der Waals surface area contributed by atoms with Crippen LogP contribution in [0.2, 0.25) is 0 Å². The van der Waals surface area contributed by atoms with E-state index in [2.05, 4.69) is 5.32 Å². The largest absolute Gasteiger partial charge is 0.497 e. The molecule has 0 radical (unpaired) electrons. The van der Waals surface area contributed by atoms with Crippen molar-refractivity contribution < 1.29 is 33.3 Å². The van der Waals surface area contributed by atoms with Crippen molar-refractivity contribution in [3.63, 3.8) is 0 Å². The van der Waals surface area contributed by atoms with Crippen LogP contribution in [0.15, 0.2) is 65.0 Å². The Morgan fingerprint density at radius 3 is 2.35 bits per heavy atom. The normalized spacial score (nSPS) is 19.4. The van der Waals surface area contributed by atoms with Gasteiger partial charge in [0.15, 0.2) is 17.3 Å². The average Bonchev–Trinajstić information content (AvgIpc) is 2.92. The first kappa shape index (κ1) is 28.9. The third-order valence-electron chi connectivity index (χ3n) is 7.37. The molecule has 1 N–H and O–H groups in total. The Morgan fingerprint density at radius 2 is 1.73 bits per heavy atom. The number of benzene rings is 2. The molecule has 0 saturated carbocycles. The maximum Gasteiger partial charge on any atom is 0.337 e. The molecule has 0 unspecified atom stereocenters. The molecule has 40 heavy (non-hydrogen) atoms. The molecule has 2 aliphatic rings. The van der Waals surface area contributed by atoms with Crippen molar-refractivity contribution in [2.75, 3.05) is 13.7 Å². The minimum absolute atomic E-state index is 0.0166. The predicted octanol–water partition coefficient (Wildman–Crippen LogP) is 5.72. The van der Waals surface area contributed by atoms with Gasteiger partial charge in [0.25, 0.3) is 0 Å². The van der Waals surface area contributed by atoms with Crippen LogP contribution in [0.1, 0.15) is 76.8 Å². The summed E-state index contributed by atoms with van der Waals surface area (Å²) in [7, 11) is 1.62. The van der Waals surface area contributed by atoms with Crippen molar-refractivity contribution in [3.05, 3.63) is 76.1 Å². The maximum atomic E-state index is 13.9. The predicted molar refractivity (Wildman–Crippen MR) is 150 cm³/mol. The highest BCUT2D eigenvalue weighted by molar-refractivity contribution is 6.04. The molecule has 8 heteroatoms. The van der Waals surface area contributed by atoms with E-state index in [-0.39, 0.29) is 23.6 Å². The van der Waals surface area contributed by atoms with Crippen molar-refractivity contribution >= 4 is 17.7 Å². The summed E-state index contributed by atoms with van der Waals surface area (Å²) >= 11 is 0. The Labute approximate surface area is 235 Å². The van der Waals surface area contributed by atoms with Gasteiger partial charge in [-0.2, -0.15) is 0 Å². The van der Waals surface area contributed by atoms with Crippen molar-refractivity contribution in [1.29, 1.82) is 0 Å². The third kappa shape index (κ3) is 6.06. The topological polar surface area (TPSA) is 100 Å². The number of ketones is 1. The van der Waals surface area contributed by atoms with Crippen LogP contribution in [0.4, 0.5) is 0 Å². The monoisotopic (exact) mass is 547 g/mol. The molecule has 1 heterocycles. The van der Waals surface area contributed by atoms with E-state index in [9.17, 15) is 14.4 Å². The number of Topliss-reactive ketones (excluding diaryl/α,β-unsaturated/α-hetero) is 1. The number of rotatable bonds is 9. The van der Waals surface area contributed by atoms with Crippen LogP contribution in [-0.2, 0) is 19.1 Å². The fraction of sp³-hybridized carbons (Fsp3) is 0.406. The molecular weight excluding hydrogens is 510 g/mol. The third-order valence-corrected chi connectivity index (χ3v) is 7.37. The van der Waals surface area contributed by atoms with Crippen molar-refractivity contribution in [2.45, 2.75) is 71.8 Å². The van der Waals surface area contributed by atoms with Gasteiger partial charge in [-0.15, -0.1) is 0 Å². The van der Waals surface area contributed by atoms with Crippen LogP contribution < -0.4 is 19.5 Å². The fourth-order valence-electron chi connectivity index (χ4n) is 5.30. The number of methoxy groups -OCH3 is 1. The van der Waals surface area contributed by atoms with E-state index >= 15 is 0 Å². The van der Waals surface area contributed by atoms with E-state index in [1.807, 2.05) is 52.0 Å². The molecule has 2 aromatic rings. The molecular formula is C32H37NO7. The van der Waals surface area contributed by atoms with Gasteiger partial charge in [-0.1, -0.05) is 25.1 Å². The number of esters is 2. The van der Waals surface area contributed by atoms with E-state index < -0.39 is 17.9 Å². The molecule has 2 aromatic carbocycles. The van der Waals surface area contributed by atoms with Crippen LogP contribution in [0.5, 0.6) is 17.2 Å². The maximum absolute atomic E-state index is 13.9. The highest BCUT2D eigenvalue weighted by Crippen LogP contribution is 2.47. The van der Waals surface area contributed by atoms with Gasteiger partial charge in [0.05, 0.1) is 25.4 Å². The Bertz CT molecular complexity index is 1360. The van der Waals surface area contributed by atoms with Crippen LogP contribution >= 0.6 is 0 Å². The summed E-state index contributed by atoms with van der Waals surface area (Å²) in [6.07, 6.45) is 1.30. The second-order valence-corrected chi connectivity index (χ2v) is 10.1. The lowest BCUT2D eigenvalue weighted by atomic mass is 9.71. The Hall–Kier alpha value is -4.07. The first-order valence-electron chi connectivity index (χ1n) is 13.7. The second-order valence-electron chi connectivity index (χ2n) is 10.1. The zero-order valence-electron chi connectivity index (χ0n) is 24.0. The van der Waals surface area contributed by atoms with Crippen molar-refractivity contribution in [2.24, 2.45) is 0 Å². The molecule has 0 saturated heterocycles. The number of allylic oxidation sites excluding steroid dienone is 3. The van der Waals surface area contributed by atoms with E-state index in [0.29, 0.717) is 54.0 Å². The minimum atomic E-state index is -0.664. The molecule has 1 aliphatic heterocycles. The van der Waals surface area contributed by atoms with Crippen LogP contribution in [0, 0.1) is 0 Å². The van der Waals surface area contributed by atoms with Gasteiger partial charge in [-0.05, 0) is 74.9 Å². The van der Waals surface area contributed by atoms with Crippen LogP contribution in [0.3, 0.4) is 0 Å². The summed E-state index contributed by atoms with van der Waals surface area (Å²) in [4.78, 5) is 39.1. The van der Waals surface area contributed by atoms with E-state index in [0.717, 1.165) is 17.0 Å². The Balaban J connectivity index is 1.81. The van der Waals surface area contributed by atoms with E-state index in [1.165, 1.54) is 6.92 Å². The van der Waals surface area contributed by atoms with Gasteiger partial charge < -0.3 is 24.3 Å². The molecule has 0 amide bonds. The molecule has 0 spiro atoms. The van der Waals surface area contributed by atoms with Gasteiger partial charge >= 0.3 is 11.9 Å². The first-order valence-corrected chi connectivity index (χ1v) is 13.7. The summed E-state index contributed by atoms with van der Waals surface area (Å²) in [6.45, 7) is 9.12. The number of carbonyl (C=O) groups is 3. The Morgan fingerprint density at radius 1 is 1.02 bits per heavy atom. The second kappa shape index (κ2) is 12.4. The van der Waals surface area contributed by atoms with E-state index in [4.69, 9.17) is 18.9 Å². The number of hydrogen-bond donors (Lipinski definition) is 1. The summed E-state index contributed by atoms with van der Waals surface area (Å²) in [5.74, 6) is -0.262. The SMILES string of the molecule is CCOc1cc([C@@H]2C(C(=O)O[C@H](C)CC)=C(C)NC3=C2C(=O)C[C@@H](c2ccc(OC)cc2)C3)ccc1OC(C)=O. The Kier molecular flexibility index (Phi) is 8.97. The molecule has 4 rings (SSSR count). The summed E-state index contributed by atoms with van der Waals surface area (Å²) in [6, 6.07) is 12.9. The quantitative estimate of drug-likeness (QED) is 0.314. The highest BCUT2D eigenvalue weighted by atomic mass is 16.6. The van der Waals surface area contributed by atoms with Crippen LogP contribution in [-0.4, -0.2) is 37.5 Å². The van der Waals surface area contributed by atoms with Crippen molar-refractivity contribution in [3.8, 4) is 17.2 Å². The molecule has 212 valence electrons. The number of carbonyl (C=O) groups excluding carboxylic acids is 3. The van der Waals surface area contributed by atoms with Crippen molar-refractivity contribution in [1.82, 2.24) is 5.32 Å². The lowest BCUT2D eigenvalue weighted by Gasteiger charge is -2.37. The minimum Gasteiger partial charge on any atom is -0.497 e. The lowest BCUT2D eigenvalue weighted by Crippen LogP contribution is -2.36. The first-order chi connectivity index (χ1) is 19.2. The van der Waals surface area contributed by atoms with Gasteiger partial charge in [-0.25, -0.2) is 4.79 Å². The zero-order chi connectivity index (χ0) is 29.0. The number of nitrogens with one attached hydrogen (secondary N) is 1. The average molecular weight is 548 g/mol. The fourth-order valence-corrected chi connectivity index (χ4v) is 5.30. The highest BCUT2D eigenvalue weighted by Gasteiger charge is 2.42. The molecule has 0 aromatic heterocycles. The molecule has 0 fully saturated rings. The van der Waals surface area contributed by atoms with Crippen LogP contribution in [0.25, 0.3) is 0 Å². The lowest BCUT2D eigenvalue weighted by molar-refractivity contribution is -0.144. The molecule has 8 nitrogen and oxygen atoms in total. The smallest absolute Gasteiger partial charge is 0.337 e. The summed E-state index contributed by atoms with van der Waals surface area (Å²) < 4.78 is 22.2. The molecule has 0 bridgehead atoms. The summed E-state index contributed by atoms with van der Waals surface area (Å²) in [5, 5.41) is 3.38. The van der Waals surface area contributed by atoms with Gasteiger partial charge in [0.1, 0.15) is 5.75 Å². The summed E-state index contributed by atoms with van der Waals surface area (Å²) in [5.41, 5.74) is 4.10. The molecule has 3 atom stereocenters. The van der Waals surface area contributed by atoms with Gasteiger partial charge in [-0.3, -0.25) is 9.59 Å².